The number of hydrogen-bond acceptors (Lipinski definition) is 5. The van der Waals surface area contributed by atoms with Gasteiger partial charge >= 0.3 is 6.09 Å². The average Bonchev–Trinajstić information content (AvgIpc) is 3.18. The van der Waals surface area contributed by atoms with E-state index in [1.54, 1.807) is 11.0 Å². The minimum Gasteiger partial charge on any atom is -0.491 e. The molecule has 2 amide bonds. The molecule has 0 radical (unpaired) electrons. The molecule has 174 valence electrons. The molecule has 2 aromatic rings. The standard InChI is InChI=1S/C23H33N5O4/c1-14-6-7-18(19-16(14)12-17(26-19)20(29)27(5)21(24)25)31-13-15-8-10-28(11-9-15)22(30)32-23(2,3)4/h6-7,12,15,26H,8-11,13H2,1-5H3,(H3,24,25). The Hall–Kier alpha value is -3.23. The van der Waals surface area contributed by atoms with Crippen LogP contribution in [0.15, 0.2) is 18.2 Å². The fraction of sp³-hybridized carbons (Fsp3) is 0.522. The topological polar surface area (TPSA) is 125 Å². The number of nitrogens with one attached hydrogen (secondary N) is 2. The van der Waals surface area contributed by atoms with Crippen LogP contribution in [0, 0.1) is 18.3 Å². The van der Waals surface area contributed by atoms with Crippen molar-refractivity contribution in [2.24, 2.45) is 11.7 Å². The van der Waals surface area contributed by atoms with Gasteiger partial charge in [-0.25, -0.2) is 4.79 Å². The molecule has 1 aliphatic rings. The molecule has 9 nitrogen and oxygen atoms in total. The highest BCUT2D eigenvalue weighted by molar-refractivity contribution is 6.06. The highest BCUT2D eigenvalue weighted by Gasteiger charge is 2.27. The molecule has 0 bridgehead atoms. The SMILES string of the molecule is Cc1ccc(OCC2CCN(C(=O)OC(C)(C)C)CC2)c2[nH]c(C(=O)N(C)C(=N)N)cc12. The monoisotopic (exact) mass is 443 g/mol. The second-order valence-electron chi connectivity index (χ2n) is 9.32. The highest BCUT2D eigenvalue weighted by atomic mass is 16.6. The van der Waals surface area contributed by atoms with E-state index < -0.39 is 5.60 Å². The summed E-state index contributed by atoms with van der Waals surface area (Å²) < 4.78 is 11.6. The minimum atomic E-state index is -0.497. The maximum Gasteiger partial charge on any atom is 0.410 e. The predicted octanol–water partition coefficient (Wildman–Crippen LogP) is 3.47. The Bertz CT molecular complexity index is 1020. The first-order chi connectivity index (χ1) is 15.0. The van der Waals surface area contributed by atoms with Crippen LogP contribution < -0.4 is 10.5 Å². The van der Waals surface area contributed by atoms with E-state index in [9.17, 15) is 9.59 Å². The van der Waals surface area contributed by atoms with Crippen LogP contribution in [0.1, 0.15) is 49.7 Å². The van der Waals surface area contributed by atoms with Gasteiger partial charge in [0.1, 0.15) is 17.0 Å². The van der Waals surface area contributed by atoms with Gasteiger partial charge in [-0.05, 0) is 64.2 Å². The number of likely N-dealkylation sites (tertiary alicyclic amines) is 1. The molecule has 0 unspecified atom stereocenters. The second kappa shape index (κ2) is 9.10. The zero-order valence-electron chi connectivity index (χ0n) is 19.4. The van der Waals surface area contributed by atoms with Crippen molar-refractivity contribution in [2.45, 2.75) is 46.1 Å². The summed E-state index contributed by atoms with van der Waals surface area (Å²) in [5.41, 5.74) is 7.05. The Labute approximate surface area is 188 Å². The first-order valence-electron chi connectivity index (χ1n) is 10.8. The highest BCUT2D eigenvalue weighted by Crippen LogP contribution is 2.30. The summed E-state index contributed by atoms with van der Waals surface area (Å²) in [7, 11) is 1.46. The number of benzene rings is 1. The number of ether oxygens (including phenoxy) is 2. The van der Waals surface area contributed by atoms with Crippen LogP contribution in [-0.2, 0) is 4.74 Å². The fourth-order valence-electron chi connectivity index (χ4n) is 3.68. The molecule has 32 heavy (non-hydrogen) atoms. The zero-order chi connectivity index (χ0) is 23.6. The lowest BCUT2D eigenvalue weighted by atomic mass is 9.98. The third-order valence-corrected chi connectivity index (χ3v) is 5.61. The number of hydrogen-bond donors (Lipinski definition) is 3. The first kappa shape index (κ1) is 23.4. The number of nitrogens with zero attached hydrogens (tertiary/aromatic N) is 2. The summed E-state index contributed by atoms with van der Waals surface area (Å²) in [4.78, 5) is 30.8. The van der Waals surface area contributed by atoms with Crippen LogP contribution in [0.4, 0.5) is 4.79 Å². The van der Waals surface area contributed by atoms with Gasteiger partial charge < -0.3 is 25.1 Å². The van der Waals surface area contributed by atoms with E-state index in [2.05, 4.69) is 4.98 Å². The van der Waals surface area contributed by atoms with Crippen LogP contribution in [-0.4, -0.2) is 65.1 Å². The minimum absolute atomic E-state index is 0.267. The normalized spacial score (nSPS) is 15.0. The van der Waals surface area contributed by atoms with Gasteiger partial charge in [0.2, 0.25) is 0 Å². The summed E-state index contributed by atoms with van der Waals surface area (Å²) in [6.07, 6.45) is 1.41. The number of piperidine rings is 1. The first-order valence-corrected chi connectivity index (χ1v) is 10.8. The van der Waals surface area contributed by atoms with E-state index >= 15 is 0 Å². The summed E-state index contributed by atoms with van der Waals surface area (Å²) in [5, 5.41) is 8.37. The second-order valence-corrected chi connectivity index (χ2v) is 9.32. The van der Waals surface area contributed by atoms with Crippen molar-refractivity contribution in [1.82, 2.24) is 14.8 Å². The van der Waals surface area contributed by atoms with Crippen LogP contribution >= 0.6 is 0 Å². The number of aryl methyl sites for hydroxylation is 1. The molecular formula is C23H33N5O4. The van der Waals surface area contributed by atoms with Gasteiger partial charge in [0, 0.05) is 25.5 Å². The number of rotatable bonds is 4. The van der Waals surface area contributed by atoms with E-state index in [1.165, 1.54) is 7.05 Å². The molecule has 1 fully saturated rings. The van der Waals surface area contributed by atoms with Crippen LogP contribution in [0.2, 0.25) is 0 Å². The van der Waals surface area contributed by atoms with Crippen molar-refractivity contribution in [3.05, 3.63) is 29.5 Å². The number of aromatic nitrogens is 1. The number of carbonyl (C=O) groups is 2. The largest absolute Gasteiger partial charge is 0.491 e. The fourth-order valence-corrected chi connectivity index (χ4v) is 3.68. The number of aromatic amines is 1. The lowest BCUT2D eigenvalue weighted by Crippen LogP contribution is -2.42. The van der Waals surface area contributed by atoms with Crippen molar-refractivity contribution < 1.29 is 19.1 Å². The molecule has 0 atom stereocenters. The summed E-state index contributed by atoms with van der Waals surface area (Å²) >= 11 is 0. The lowest BCUT2D eigenvalue weighted by Gasteiger charge is -2.33. The Morgan fingerprint density at radius 1 is 1.28 bits per heavy atom. The van der Waals surface area contributed by atoms with Crippen LogP contribution in [0.25, 0.3) is 10.9 Å². The van der Waals surface area contributed by atoms with E-state index in [4.69, 9.17) is 20.6 Å². The Morgan fingerprint density at radius 3 is 2.53 bits per heavy atom. The molecule has 1 saturated heterocycles. The number of guanidine groups is 1. The maximum absolute atomic E-state index is 12.5. The average molecular weight is 444 g/mol. The smallest absolute Gasteiger partial charge is 0.410 e. The van der Waals surface area contributed by atoms with E-state index in [0.717, 1.165) is 34.2 Å². The van der Waals surface area contributed by atoms with Gasteiger partial charge in [-0.3, -0.25) is 15.1 Å². The Kier molecular flexibility index (Phi) is 6.66. The van der Waals surface area contributed by atoms with Gasteiger partial charge in [0.15, 0.2) is 5.96 Å². The molecule has 3 rings (SSSR count). The number of nitrogens with two attached hydrogens (primary N) is 1. The van der Waals surface area contributed by atoms with Crippen LogP contribution in [0.5, 0.6) is 5.75 Å². The molecule has 0 spiro atoms. The Morgan fingerprint density at radius 2 is 1.94 bits per heavy atom. The van der Waals surface area contributed by atoms with Crippen molar-refractivity contribution in [3.8, 4) is 5.75 Å². The number of fused-ring (bicyclic) bond motifs is 1. The quantitative estimate of drug-likeness (QED) is 0.493. The molecule has 2 heterocycles. The third kappa shape index (κ3) is 5.33. The van der Waals surface area contributed by atoms with Gasteiger partial charge in [0.25, 0.3) is 5.91 Å². The third-order valence-electron chi connectivity index (χ3n) is 5.61. The number of amides is 2. The number of carbonyl (C=O) groups excluding carboxylic acids is 2. The zero-order valence-corrected chi connectivity index (χ0v) is 19.4. The summed E-state index contributed by atoms with van der Waals surface area (Å²) in [6, 6.07) is 5.62. The summed E-state index contributed by atoms with van der Waals surface area (Å²) in [5.74, 6) is 0.294. The van der Waals surface area contributed by atoms with Gasteiger partial charge in [-0.15, -0.1) is 0 Å². The molecule has 1 aromatic carbocycles. The molecule has 1 aliphatic heterocycles. The lowest BCUT2D eigenvalue weighted by molar-refractivity contribution is 0.0165. The van der Waals surface area contributed by atoms with E-state index in [-0.39, 0.29) is 18.0 Å². The van der Waals surface area contributed by atoms with Crippen molar-refractivity contribution in [1.29, 1.82) is 5.41 Å². The van der Waals surface area contributed by atoms with Crippen LogP contribution in [0.3, 0.4) is 0 Å². The van der Waals surface area contributed by atoms with Gasteiger partial charge in [-0.2, -0.15) is 0 Å². The molecule has 9 heteroatoms. The predicted molar refractivity (Wildman–Crippen MR) is 123 cm³/mol. The van der Waals surface area contributed by atoms with E-state index in [1.807, 2.05) is 39.8 Å². The maximum atomic E-state index is 12.5. The van der Waals surface area contributed by atoms with Crippen molar-refractivity contribution in [3.63, 3.8) is 0 Å². The van der Waals surface area contributed by atoms with Crippen molar-refractivity contribution in [2.75, 3.05) is 26.7 Å². The molecular weight excluding hydrogens is 410 g/mol. The molecule has 0 aliphatic carbocycles. The van der Waals surface area contributed by atoms with E-state index in [0.29, 0.717) is 37.1 Å². The van der Waals surface area contributed by atoms with Gasteiger partial charge in [0.05, 0.1) is 12.1 Å². The molecule has 4 N–H and O–H groups in total. The molecule has 1 aromatic heterocycles. The summed E-state index contributed by atoms with van der Waals surface area (Å²) in [6.45, 7) is 9.38. The number of H-pyrrole nitrogens is 1. The molecule has 0 saturated carbocycles. The van der Waals surface area contributed by atoms with Gasteiger partial charge in [-0.1, -0.05) is 6.07 Å². The van der Waals surface area contributed by atoms with Crippen molar-refractivity contribution >= 4 is 28.9 Å². The Balaban J connectivity index is 1.65.